The van der Waals surface area contributed by atoms with Crippen LogP contribution in [0.1, 0.15) is 22.5 Å². The van der Waals surface area contributed by atoms with Gasteiger partial charge in [-0.25, -0.2) is 9.37 Å². The number of methoxy groups -OCH3 is 1. The van der Waals surface area contributed by atoms with E-state index in [4.69, 9.17) is 4.74 Å². The fraction of sp³-hybridized carbons (Fsp3) is 0.211. The molecule has 0 aliphatic carbocycles. The molecule has 0 saturated heterocycles. The first-order chi connectivity index (χ1) is 12.8. The van der Waals surface area contributed by atoms with Gasteiger partial charge < -0.3 is 14.4 Å². The quantitative estimate of drug-likeness (QED) is 0.683. The maximum atomic E-state index is 13.4. The number of alkyl halides is 3. The second-order valence-electron chi connectivity index (χ2n) is 5.93. The normalized spacial score (nSPS) is 14.1. The number of aliphatic hydroxyl groups is 1. The lowest BCUT2D eigenvalue weighted by Crippen LogP contribution is -2.33. The number of ether oxygens (including phenoxy) is 1. The molecular weight excluding hydrogens is 364 g/mol. The van der Waals surface area contributed by atoms with Crippen LogP contribution in [0, 0.1) is 5.82 Å². The average Bonchev–Trinajstić information content (AvgIpc) is 3.10. The second-order valence-corrected chi connectivity index (χ2v) is 5.93. The molecule has 0 saturated carbocycles. The highest BCUT2D eigenvalue weighted by molar-refractivity contribution is 5.44. The predicted molar refractivity (Wildman–Crippen MR) is 89.2 cm³/mol. The lowest BCUT2D eigenvalue weighted by Gasteiger charge is -2.29. The van der Waals surface area contributed by atoms with Crippen LogP contribution in [0.25, 0.3) is 0 Å². The van der Waals surface area contributed by atoms with Crippen molar-refractivity contribution in [3.05, 3.63) is 89.3 Å². The molecule has 1 unspecified atom stereocenters. The highest BCUT2D eigenvalue weighted by Gasteiger charge is 2.39. The van der Waals surface area contributed by atoms with Crippen molar-refractivity contribution in [2.45, 2.75) is 18.5 Å². The van der Waals surface area contributed by atoms with Crippen LogP contribution < -0.4 is 0 Å². The third-order valence-electron chi connectivity index (χ3n) is 4.20. The monoisotopic (exact) mass is 380 g/mol. The van der Waals surface area contributed by atoms with E-state index in [0.717, 1.165) is 24.3 Å². The highest BCUT2D eigenvalue weighted by Crippen LogP contribution is 2.37. The van der Waals surface area contributed by atoms with Crippen molar-refractivity contribution in [1.29, 1.82) is 0 Å². The van der Waals surface area contributed by atoms with Crippen LogP contribution in [0.3, 0.4) is 0 Å². The van der Waals surface area contributed by atoms with Gasteiger partial charge in [0.15, 0.2) is 11.4 Å². The van der Waals surface area contributed by atoms with Crippen LogP contribution in [-0.2, 0) is 23.2 Å². The van der Waals surface area contributed by atoms with Crippen molar-refractivity contribution in [2.24, 2.45) is 0 Å². The molecule has 3 aromatic rings. The Morgan fingerprint density at radius 2 is 1.48 bits per heavy atom. The van der Waals surface area contributed by atoms with Gasteiger partial charge in [-0.05, 0) is 35.4 Å². The number of hydrogen-bond donors (Lipinski definition) is 1. The summed E-state index contributed by atoms with van der Waals surface area (Å²) in [5, 5.41) is 11.6. The van der Waals surface area contributed by atoms with E-state index < -0.39 is 23.2 Å². The molecule has 1 atom stereocenters. The third kappa shape index (κ3) is 3.58. The van der Waals surface area contributed by atoms with E-state index in [0.29, 0.717) is 0 Å². The van der Waals surface area contributed by atoms with Gasteiger partial charge in [0.25, 0.3) is 0 Å². The van der Waals surface area contributed by atoms with Gasteiger partial charge in [-0.3, -0.25) is 0 Å². The minimum atomic E-state index is -4.50. The molecule has 2 aromatic carbocycles. The van der Waals surface area contributed by atoms with E-state index in [-0.39, 0.29) is 23.7 Å². The Hall–Kier alpha value is -2.71. The molecule has 8 heteroatoms. The van der Waals surface area contributed by atoms with Crippen LogP contribution in [0.5, 0.6) is 0 Å². The van der Waals surface area contributed by atoms with Gasteiger partial charge in [-0.15, -0.1) is 0 Å². The summed E-state index contributed by atoms with van der Waals surface area (Å²) in [6.45, 7) is 0.0689. The summed E-state index contributed by atoms with van der Waals surface area (Å²) in [5.41, 5.74) is -2.33. The van der Waals surface area contributed by atoms with E-state index >= 15 is 0 Å². The number of aromatic nitrogens is 2. The summed E-state index contributed by atoms with van der Waals surface area (Å²) in [4.78, 5) is 4.17. The molecule has 3 rings (SSSR count). The van der Waals surface area contributed by atoms with Crippen molar-refractivity contribution >= 4 is 0 Å². The largest absolute Gasteiger partial charge is 0.416 e. The van der Waals surface area contributed by atoms with Gasteiger partial charge >= 0.3 is 6.18 Å². The fourth-order valence-electron chi connectivity index (χ4n) is 2.89. The standard InChI is InChI=1S/C19H16F4N2O2/c1-27-12-25-11-10-24-17(25)18(26,14-6-8-16(20)9-7-14)13-2-4-15(5-3-13)19(21,22)23/h2-11,26H,12H2,1H3. The zero-order chi connectivity index (χ0) is 19.7. The zero-order valence-corrected chi connectivity index (χ0v) is 14.2. The topological polar surface area (TPSA) is 47.3 Å². The Balaban J connectivity index is 2.18. The molecule has 0 bridgehead atoms. The SMILES string of the molecule is COCn1ccnc1C(O)(c1ccc(F)cc1)c1ccc(C(F)(F)F)cc1. The summed E-state index contributed by atoms with van der Waals surface area (Å²) in [6, 6.07) is 9.16. The van der Waals surface area contributed by atoms with Crippen LogP contribution in [0.15, 0.2) is 60.9 Å². The van der Waals surface area contributed by atoms with E-state index in [1.54, 1.807) is 6.20 Å². The molecule has 0 aliphatic heterocycles. The summed E-state index contributed by atoms with van der Waals surface area (Å²) in [5.74, 6) is -0.371. The summed E-state index contributed by atoms with van der Waals surface area (Å²) in [6.07, 6.45) is -1.49. The minimum Gasteiger partial charge on any atom is -0.373 e. The molecule has 0 spiro atoms. The fourth-order valence-corrected chi connectivity index (χ4v) is 2.89. The van der Waals surface area contributed by atoms with E-state index in [2.05, 4.69) is 4.98 Å². The van der Waals surface area contributed by atoms with Crippen LogP contribution in [0.2, 0.25) is 0 Å². The molecule has 0 aliphatic rings. The van der Waals surface area contributed by atoms with E-state index in [1.165, 1.54) is 42.1 Å². The van der Waals surface area contributed by atoms with Crippen LogP contribution in [0.4, 0.5) is 17.6 Å². The Bertz CT molecular complexity index is 905. The molecule has 0 radical (unpaired) electrons. The molecule has 1 heterocycles. The first kappa shape index (κ1) is 19.1. The van der Waals surface area contributed by atoms with Gasteiger partial charge in [0.2, 0.25) is 0 Å². The van der Waals surface area contributed by atoms with Crippen molar-refractivity contribution < 1.29 is 27.4 Å². The molecule has 4 nitrogen and oxygen atoms in total. The number of hydrogen-bond acceptors (Lipinski definition) is 3. The van der Waals surface area contributed by atoms with Crippen molar-refractivity contribution in [1.82, 2.24) is 9.55 Å². The van der Waals surface area contributed by atoms with Gasteiger partial charge in [-0.2, -0.15) is 13.2 Å². The van der Waals surface area contributed by atoms with Crippen molar-refractivity contribution in [3.8, 4) is 0 Å². The molecular formula is C19H16F4N2O2. The van der Waals surface area contributed by atoms with E-state index in [1.807, 2.05) is 0 Å². The first-order valence-corrected chi connectivity index (χ1v) is 7.93. The molecule has 0 amide bonds. The summed E-state index contributed by atoms with van der Waals surface area (Å²) < 4.78 is 58.6. The highest BCUT2D eigenvalue weighted by atomic mass is 19.4. The van der Waals surface area contributed by atoms with Gasteiger partial charge in [0, 0.05) is 19.5 Å². The van der Waals surface area contributed by atoms with Gasteiger partial charge in [0.05, 0.1) is 5.56 Å². The molecule has 1 aromatic heterocycles. The zero-order valence-electron chi connectivity index (χ0n) is 14.2. The maximum absolute atomic E-state index is 13.4. The Morgan fingerprint density at radius 3 is 2.00 bits per heavy atom. The lowest BCUT2D eigenvalue weighted by molar-refractivity contribution is -0.137. The number of benzene rings is 2. The maximum Gasteiger partial charge on any atom is 0.416 e. The van der Waals surface area contributed by atoms with Gasteiger partial charge in [-0.1, -0.05) is 24.3 Å². The number of rotatable bonds is 5. The predicted octanol–water partition coefficient (Wildman–Crippen LogP) is 3.93. The average molecular weight is 380 g/mol. The molecule has 0 fully saturated rings. The third-order valence-corrected chi connectivity index (χ3v) is 4.20. The number of imidazole rings is 1. The second kappa shape index (κ2) is 7.13. The van der Waals surface area contributed by atoms with Crippen LogP contribution in [-0.4, -0.2) is 21.8 Å². The lowest BCUT2D eigenvalue weighted by atomic mass is 9.85. The van der Waals surface area contributed by atoms with Crippen LogP contribution >= 0.6 is 0 Å². The van der Waals surface area contributed by atoms with E-state index in [9.17, 15) is 22.7 Å². The molecule has 27 heavy (non-hydrogen) atoms. The Labute approximate surface area is 152 Å². The molecule has 142 valence electrons. The molecule has 1 N–H and O–H groups in total. The smallest absolute Gasteiger partial charge is 0.373 e. The minimum absolute atomic E-state index is 0.0689. The number of nitrogens with zero attached hydrogens (tertiary/aromatic N) is 2. The Kier molecular flexibility index (Phi) is 5.03. The van der Waals surface area contributed by atoms with Crippen molar-refractivity contribution in [3.63, 3.8) is 0 Å². The number of halogens is 4. The summed E-state index contributed by atoms with van der Waals surface area (Å²) >= 11 is 0. The van der Waals surface area contributed by atoms with Gasteiger partial charge in [0.1, 0.15) is 12.5 Å². The van der Waals surface area contributed by atoms with Crippen molar-refractivity contribution in [2.75, 3.05) is 7.11 Å². The Morgan fingerprint density at radius 1 is 0.963 bits per heavy atom. The summed E-state index contributed by atoms with van der Waals surface area (Å²) in [7, 11) is 1.46. The first-order valence-electron chi connectivity index (χ1n) is 7.93.